The molecule has 0 saturated heterocycles. The number of terminal acetylenes is 1. The van der Waals surface area contributed by atoms with Gasteiger partial charge in [0, 0.05) is 20.1 Å². The normalized spacial score (nSPS) is 18.0. The van der Waals surface area contributed by atoms with Crippen molar-refractivity contribution < 1.29 is 4.79 Å². The summed E-state index contributed by atoms with van der Waals surface area (Å²) in [6, 6.07) is 8.07. The molecule has 1 aromatic carbocycles. The molecule has 0 radical (unpaired) electrons. The minimum absolute atomic E-state index is 0.0857. The summed E-state index contributed by atoms with van der Waals surface area (Å²) in [5, 5.41) is 3.27. The maximum Gasteiger partial charge on any atom is 0.231 e. The maximum atomic E-state index is 12.2. The van der Waals surface area contributed by atoms with E-state index in [0.717, 1.165) is 12.1 Å². The van der Waals surface area contributed by atoms with Gasteiger partial charge in [-0.05, 0) is 11.1 Å². The average molecular weight is 228 g/mol. The summed E-state index contributed by atoms with van der Waals surface area (Å²) < 4.78 is 0. The van der Waals surface area contributed by atoms with Crippen LogP contribution in [0.5, 0.6) is 0 Å². The van der Waals surface area contributed by atoms with Gasteiger partial charge in [-0.2, -0.15) is 0 Å². The quantitative estimate of drug-likeness (QED) is 0.765. The molecule has 1 heterocycles. The van der Waals surface area contributed by atoms with Gasteiger partial charge in [-0.1, -0.05) is 30.2 Å². The Morgan fingerprint density at radius 1 is 1.59 bits per heavy atom. The highest BCUT2D eigenvalue weighted by molar-refractivity contribution is 5.84. The Kier molecular flexibility index (Phi) is 3.46. The van der Waals surface area contributed by atoms with Crippen molar-refractivity contribution in [2.45, 2.75) is 12.5 Å². The zero-order valence-corrected chi connectivity index (χ0v) is 9.94. The molecule has 17 heavy (non-hydrogen) atoms. The van der Waals surface area contributed by atoms with Crippen molar-refractivity contribution in [2.75, 3.05) is 20.1 Å². The van der Waals surface area contributed by atoms with Crippen LogP contribution in [0.1, 0.15) is 17.0 Å². The molecule has 1 aromatic rings. The number of carbonyl (C=O) groups excluding carboxylic acids is 1. The van der Waals surface area contributed by atoms with E-state index in [1.807, 2.05) is 18.2 Å². The number of fused-ring (bicyclic) bond motifs is 1. The van der Waals surface area contributed by atoms with Gasteiger partial charge in [0.05, 0.1) is 12.5 Å². The Bertz CT molecular complexity index is 462. The molecule has 0 saturated carbocycles. The first-order valence-electron chi connectivity index (χ1n) is 5.71. The maximum absolute atomic E-state index is 12.2. The summed E-state index contributed by atoms with van der Waals surface area (Å²) in [7, 11) is 1.75. The Hall–Kier alpha value is -1.79. The topological polar surface area (TPSA) is 32.3 Å². The third-order valence-electron chi connectivity index (χ3n) is 3.10. The lowest BCUT2D eigenvalue weighted by Crippen LogP contribution is -2.39. The molecule has 1 amide bonds. The molecule has 3 heteroatoms. The van der Waals surface area contributed by atoms with E-state index in [2.05, 4.69) is 17.3 Å². The van der Waals surface area contributed by atoms with Crippen molar-refractivity contribution >= 4 is 5.91 Å². The monoisotopic (exact) mass is 228 g/mol. The lowest BCUT2D eigenvalue weighted by atomic mass is 9.90. The number of benzene rings is 1. The molecule has 0 aliphatic carbocycles. The number of rotatable bonds is 2. The molecule has 0 spiro atoms. The SMILES string of the molecule is C#CCN(C)C(=O)C1CNCc2ccccc21. The zero-order valence-electron chi connectivity index (χ0n) is 9.94. The number of likely N-dealkylation sites (N-methyl/N-ethyl adjacent to an activating group) is 1. The van der Waals surface area contributed by atoms with E-state index in [0.29, 0.717) is 13.1 Å². The Morgan fingerprint density at radius 2 is 2.35 bits per heavy atom. The van der Waals surface area contributed by atoms with Gasteiger partial charge >= 0.3 is 0 Å². The van der Waals surface area contributed by atoms with E-state index in [4.69, 9.17) is 6.42 Å². The highest BCUT2D eigenvalue weighted by Crippen LogP contribution is 2.25. The summed E-state index contributed by atoms with van der Waals surface area (Å²) in [5.74, 6) is 2.47. The Morgan fingerprint density at radius 3 is 3.12 bits per heavy atom. The fraction of sp³-hybridized carbons (Fsp3) is 0.357. The number of nitrogens with one attached hydrogen (secondary N) is 1. The molecule has 1 unspecified atom stereocenters. The van der Waals surface area contributed by atoms with E-state index in [9.17, 15) is 4.79 Å². The third-order valence-corrected chi connectivity index (χ3v) is 3.10. The van der Waals surface area contributed by atoms with Crippen molar-refractivity contribution in [1.82, 2.24) is 10.2 Å². The van der Waals surface area contributed by atoms with Crippen LogP contribution in [0.15, 0.2) is 24.3 Å². The van der Waals surface area contributed by atoms with Crippen LogP contribution in [-0.4, -0.2) is 30.9 Å². The predicted octanol–water partition coefficient (Wildman–Crippen LogP) is 0.965. The molecule has 88 valence electrons. The first-order chi connectivity index (χ1) is 8.24. The van der Waals surface area contributed by atoms with Gasteiger partial charge in [0.1, 0.15) is 0 Å². The van der Waals surface area contributed by atoms with Gasteiger partial charge in [-0.15, -0.1) is 6.42 Å². The van der Waals surface area contributed by atoms with Crippen LogP contribution in [0.3, 0.4) is 0 Å². The Balaban J connectivity index is 2.24. The molecular weight excluding hydrogens is 212 g/mol. The smallest absolute Gasteiger partial charge is 0.231 e. The van der Waals surface area contributed by atoms with Gasteiger partial charge in [-0.3, -0.25) is 4.79 Å². The first-order valence-corrected chi connectivity index (χ1v) is 5.71. The van der Waals surface area contributed by atoms with Crippen LogP contribution >= 0.6 is 0 Å². The lowest BCUT2D eigenvalue weighted by molar-refractivity contribution is -0.131. The van der Waals surface area contributed by atoms with Gasteiger partial charge in [0.25, 0.3) is 0 Å². The summed E-state index contributed by atoms with van der Waals surface area (Å²) in [4.78, 5) is 13.8. The van der Waals surface area contributed by atoms with Gasteiger partial charge in [0.2, 0.25) is 5.91 Å². The fourth-order valence-electron chi connectivity index (χ4n) is 2.20. The summed E-state index contributed by atoms with van der Waals surface area (Å²) in [5.41, 5.74) is 2.33. The highest BCUT2D eigenvalue weighted by atomic mass is 16.2. The molecule has 2 rings (SSSR count). The van der Waals surface area contributed by atoms with Crippen molar-refractivity contribution in [3.05, 3.63) is 35.4 Å². The molecule has 1 aliphatic heterocycles. The predicted molar refractivity (Wildman–Crippen MR) is 67.4 cm³/mol. The van der Waals surface area contributed by atoms with Crippen LogP contribution in [-0.2, 0) is 11.3 Å². The second kappa shape index (κ2) is 5.03. The minimum Gasteiger partial charge on any atom is -0.334 e. The number of nitrogens with zero attached hydrogens (tertiary/aromatic N) is 1. The fourth-order valence-corrected chi connectivity index (χ4v) is 2.20. The second-order valence-corrected chi connectivity index (χ2v) is 4.28. The van der Waals surface area contributed by atoms with E-state index in [1.165, 1.54) is 5.56 Å². The average Bonchev–Trinajstić information content (AvgIpc) is 2.37. The summed E-state index contributed by atoms with van der Waals surface area (Å²) in [6.07, 6.45) is 5.23. The lowest BCUT2D eigenvalue weighted by Gasteiger charge is -2.28. The standard InChI is InChI=1S/C14H16N2O/c1-3-8-16(2)14(17)13-10-15-9-11-6-4-5-7-12(11)13/h1,4-7,13,15H,8-10H2,2H3. The number of carbonyl (C=O) groups is 1. The molecule has 1 atom stereocenters. The second-order valence-electron chi connectivity index (χ2n) is 4.28. The molecule has 0 bridgehead atoms. The minimum atomic E-state index is -0.113. The molecule has 3 nitrogen and oxygen atoms in total. The number of amides is 1. The van der Waals surface area contributed by atoms with Crippen molar-refractivity contribution in [3.63, 3.8) is 0 Å². The number of hydrogen-bond acceptors (Lipinski definition) is 2. The van der Waals surface area contributed by atoms with Crippen molar-refractivity contribution in [1.29, 1.82) is 0 Å². The van der Waals surface area contributed by atoms with Crippen LogP contribution in [0.4, 0.5) is 0 Å². The van der Waals surface area contributed by atoms with Crippen LogP contribution < -0.4 is 5.32 Å². The molecule has 1 N–H and O–H groups in total. The molecule has 0 fully saturated rings. The van der Waals surface area contributed by atoms with Crippen molar-refractivity contribution in [3.8, 4) is 12.3 Å². The van der Waals surface area contributed by atoms with Gasteiger partial charge < -0.3 is 10.2 Å². The Labute approximate surface area is 102 Å². The van der Waals surface area contributed by atoms with Crippen LogP contribution in [0.2, 0.25) is 0 Å². The van der Waals surface area contributed by atoms with E-state index in [-0.39, 0.29) is 11.8 Å². The third kappa shape index (κ3) is 2.32. The number of hydrogen-bond donors (Lipinski definition) is 1. The van der Waals surface area contributed by atoms with E-state index in [1.54, 1.807) is 11.9 Å². The largest absolute Gasteiger partial charge is 0.334 e. The molecule has 0 aromatic heterocycles. The zero-order chi connectivity index (χ0) is 12.3. The van der Waals surface area contributed by atoms with E-state index < -0.39 is 0 Å². The summed E-state index contributed by atoms with van der Waals surface area (Å²) >= 11 is 0. The first kappa shape index (κ1) is 11.7. The molecule has 1 aliphatic rings. The van der Waals surface area contributed by atoms with Crippen molar-refractivity contribution in [2.24, 2.45) is 0 Å². The summed E-state index contributed by atoms with van der Waals surface area (Å²) in [6.45, 7) is 1.88. The molecular formula is C14H16N2O. The van der Waals surface area contributed by atoms with Gasteiger partial charge in [-0.25, -0.2) is 0 Å². The van der Waals surface area contributed by atoms with E-state index >= 15 is 0 Å². The van der Waals surface area contributed by atoms with Crippen LogP contribution in [0, 0.1) is 12.3 Å². The highest BCUT2D eigenvalue weighted by Gasteiger charge is 2.27. The van der Waals surface area contributed by atoms with Crippen LogP contribution in [0.25, 0.3) is 0 Å². The van der Waals surface area contributed by atoms with Gasteiger partial charge in [0.15, 0.2) is 0 Å².